The van der Waals surface area contributed by atoms with Crippen molar-refractivity contribution < 1.29 is 9.53 Å². The lowest BCUT2D eigenvalue weighted by Crippen LogP contribution is -1.98. The maximum atomic E-state index is 10.8. The first-order valence-electron chi connectivity index (χ1n) is 5.31. The van der Waals surface area contributed by atoms with Crippen LogP contribution >= 0.6 is 23.2 Å². The molecule has 0 atom stereocenters. The summed E-state index contributed by atoms with van der Waals surface area (Å²) in [6, 6.07) is 12.2. The van der Waals surface area contributed by atoms with Crippen molar-refractivity contribution in [3.8, 4) is 5.75 Å². The van der Waals surface area contributed by atoms with Crippen LogP contribution in [0.2, 0.25) is 10.0 Å². The molecule has 2 aromatic carbocycles. The number of benzene rings is 2. The van der Waals surface area contributed by atoms with E-state index in [2.05, 4.69) is 0 Å². The maximum absolute atomic E-state index is 10.8. The summed E-state index contributed by atoms with van der Waals surface area (Å²) < 4.78 is 5.58. The van der Waals surface area contributed by atoms with Crippen LogP contribution in [0.4, 0.5) is 0 Å². The van der Waals surface area contributed by atoms with E-state index < -0.39 is 0 Å². The van der Waals surface area contributed by atoms with Crippen molar-refractivity contribution in [3.05, 3.63) is 63.6 Å². The second-order valence-electron chi connectivity index (χ2n) is 3.68. The molecule has 0 saturated heterocycles. The number of rotatable bonds is 4. The number of aldehydes is 1. The van der Waals surface area contributed by atoms with Gasteiger partial charge in [-0.1, -0.05) is 41.4 Å². The molecule has 0 aliphatic heterocycles. The third kappa shape index (κ3) is 3.03. The fraction of sp³-hybridized carbons (Fsp3) is 0.0714. The Bertz CT molecular complexity index is 567. The number of carbonyl (C=O) groups is 1. The minimum absolute atomic E-state index is 0.293. The molecular weight excluding hydrogens is 271 g/mol. The van der Waals surface area contributed by atoms with Gasteiger partial charge in [0.15, 0.2) is 6.29 Å². The second kappa shape index (κ2) is 5.89. The number of carbonyl (C=O) groups excluding carboxylic acids is 1. The smallest absolute Gasteiger partial charge is 0.153 e. The first kappa shape index (κ1) is 12.9. The van der Waals surface area contributed by atoms with Crippen molar-refractivity contribution in [2.45, 2.75) is 6.61 Å². The van der Waals surface area contributed by atoms with Crippen molar-refractivity contribution in [1.29, 1.82) is 0 Å². The minimum Gasteiger partial charge on any atom is -0.488 e. The van der Waals surface area contributed by atoms with Crippen molar-refractivity contribution in [2.24, 2.45) is 0 Å². The maximum Gasteiger partial charge on any atom is 0.153 e. The zero-order valence-electron chi connectivity index (χ0n) is 9.40. The molecule has 0 aliphatic rings. The Labute approximate surface area is 115 Å². The molecule has 0 unspecified atom stereocenters. The number of para-hydroxylation sites is 1. The number of ether oxygens (including phenoxy) is 1. The predicted octanol–water partition coefficient (Wildman–Crippen LogP) is 4.38. The molecule has 0 bridgehead atoms. The quantitative estimate of drug-likeness (QED) is 0.777. The highest BCUT2D eigenvalue weighted by molar-refractivity contribution is 6.35. The zero-order chi connectivity index (χ0) is 13.0. The highest BCUT2D eigenvalue weighted by Gasteiger charge is 2.05. The summed E-state index contributed by atoms with van der Waals surface area (Å²) in [5.74, 6) is 0.540. The van der Waals surface area contributed by atoms with Crippen LogP contribution in [0, 0.1) is 0 Å². The van der Waals surface area contributed by atoms with Gasteiger partial charge in [-0.15, -0.1) is 0 Å². The van der Waals surface area contributed by atoms with Gasteiger partial charge in [0.1, 0.15) is 12.4 Å². The molecule has 0 heterocycles. The molecule has 0 fully saturated rings. The second-order valence-corrected chi connectivity index (χ2v) is 4.52. The summed E-state index contributed by atoms with van der Waals surface area (Å²) in [5, 5.41) is 1.13. The number of hydrogen-bond acceptors (Lipinski definition) is 2. The van der Waals surface area contributed by atoms with Crippen molar-refractivity contribution >= 4 is 29.5 Å². The van der Waals surface area contributed by atoms with Gasteiger partial charge in [-0.3, -0.25) is 4.79 Å². The highest BCUT2D eigenvalue weighted by atomic mass is 35.5. The molecule has 0 amide bonds. The molecule has 2 rings (SSSR count). The molecular formula is C14H10Cl2O2. The van der Waals surface area contributed by atoms with Gasteiger partial charge in [0, 0.05) is 15.6 Å². The summed E-state index contributed by atoms with van der Waals surface area (Å²) in [6.45, 7) is 0.293. The van der Waals surface area contributed by atoms with E-state index in [1.807, 2.05) is 6.07 Å². The first-order valence-corrected chi connectivity index (χ1v) is 6.07. The van der Waals surface area contributed by atoms with Crippen LogP contribution in [0.3, 0.4) is 0 Å². The topological polar surface area (TPSA) is 26.3 Å². The Morgan fingerprint density at radius 2 is 1.89 bits per heavy atom. The van der Waals surface area contributed by atoms with E-state index in [9.17, 15) is 4.79 Å². The van der Waals surface area contributed by atoms with E-state index in [0.29, 0.717) is 28.0 Å². The number of hydrogen-bond donors (Lipinski definition) is 0. The van der Waals surface area contributed by atoms with Gasteiger partial charge >= 0.3 is 0 Å². The summed E-state index contributed by atoms with van der Waals surface area (Å²) >= 11 is 11.8. The van der Waals surface area contributed by atoms with Crippen LogP contribution in [0.1, 0.15) is 15.9 Å². The van der Waals surface area contributed by atoms with Crippen molar-refractivity contribution in [1.82, 2.24) is 0 Å². The average Bonchev–Trinajstić information content (AvgIpc) is 2.38. The van der Waals surface area contributed by atoms with Crippen LogP contribution < -0.4 is 4.74 Å². The standard InChI is InChI=1S/C14H10Cl2O2/c15-12-6-5-11(13(16)7-12)9-18-14-4-2-1-3-10(14)8-17/h1-8H,9H2. The zero-order valence-corrected chi connectivity index (χ0v) is 10.9. The van der Waals surface area contributed by atoms with Gasteiger partial charge in [0.25, 0.3) is 0 Å². The molecule has 0 aromatic heterocycles. The first-order chi connectivity index (χ1) is 8.70. The normalized spacial score (nSPS) is 10.1. The van der Waals surface area contributed by atoms with E-state index in [4.69, 9.17) is 27.9 Å². The van der Waals surface area contributed by atoms with Crippen LogP contribution in [-0.2, 0) is 6.61 Å². The number of halogens is 2. The summed E-state index contributed by atoms with van der Waals surface area (Å²) in [6.07, 6.45) is 0.763. The summed E-state index contributed by atoms with van der Waals surface area (Å²) in [7, 11) is 0. The minimum atomic E-state index is 0.293. The van der Waals surface area contributed by atoms with Crippen LogP contribution in [0.15, 0.2) is 42.5 Å². The lowest BCUT2D eigenvalue weighted by Gasteiger charge is -2.09. The van der Waals surface area contributed by atoms with Gasteiger partial charge in [-0.05, 0) is 24.3 Å². The van der Waals surface area contributed by atoms with Gasteiger partial charge in [0.05, 0.1) is 5.56 Å². The SMILES string of the molecule is O=Cc1ccccc1OCc1ccc(Cl)cc1Cl. The molecule has 0 spiro atoms. The Balaban J connectivity index is 2.14. The largest absolute Gasteiger partial charge is 0.488 e. The predicted molar refractivity (Wildman–Crippen MR) is 72.6 cm³/mol. The van der Waals surface area contributed by atoms with E-state index in [1.165, 1.54) is 0 Å². The van der Waals surface area contributed by atoms with Crippen molar-refractivity contribution in [3.63, 3.8) is 0 Å². The lowest BCUT2D eigenvalue weighted by atomic mass is 10.2. The molecule has 0 aliphatic carbocycles. The highest BCUT2D eigenvalue weighted by Crippen LogP contribution is 2.23. The van der Waals surface area contributed by atoms with E-state index in [0.717, 1.165) is 11.8 Å². The van der Waals surface area contributed by atoms with Crippen LogP contribution in [0.5, 0.6) is 5.75 Å². The Kier molecular flexibility index (Phi) is 4.24. The van der Waals surface area contributed by atoms with Crippen molar-refractivity contribution in [2.75, 3.05) is 0 Å². The monoisotopic (exact) mass is 280 g/mol. The van der Waals surface area contributed by atoms with Gasteiger partial charge < -0.3 is 4.74 Å². The van der Waals surface area contributed by atoms with E-state index in [1.54, 1.807) is 36.4 Å². The summed E-state index contributed by atoms with van der Waals surface area (Å²) in [5.41, 5.74) is 1.34. The van der Waals surface area contributed by atoms with Crippen LogP contribution in [0.25, 0.3) is 0 Å². The lowest BCUT2D eigenvalue weighted by molar-refractivity contribution is 0.111. The molecule has 18 heavy (non-hydrogen) atoms. The molecule has 0 saturated carbocycles. The van der Waals surface area contributed by atoms with E-state index >= 15 is 0 Å². The molecule has 4 heteroatoms. The van der Waals surface area contributed by atoms with Gasteiger partial charge in [-0.2, -0.15) is 0 Å². The molecule has 2 aromatic rings. The summed E-state index contributed by atoms with van der Waals surface area (Å²) in [4.78, 5) is 10.8. The van der Waals surface area contributed by atoms with E-state index in [-0.39, 0.29) is 0 Å². The molecule has 0 radical (unpaired) electrons. The Hall–Kier alpha value is -1.51. The fourth-order valence-corrected chi connectivity index (χ4v) is 1.97. The van der Waals surface area contributed by atoms with Crippen LogP contribution in [-0.4, -0.2) is 6.29 Å². The Morgan fingerprint density at radius 3 is 2.61 bits per heavy atom. The Morgan fingerprint density at radius 1 is 1.11 bits per heavy atom. The average molecular weight is 281 g/mol. The third-order valence-electron chi connectivity index (χ3n) is 2.44. The molecule has 92 valence electrons. The molecule has 0 N–H and O–H groups in total. The van der Waals surface area contributed by atoms with Gasteiger partial charge in [0.2, 0.25) is 0 Å². The fourth-order valence-electron chi connectivity index (χ4n) is 1.50. The van der Waals surface area contributed by atoms with Gasteiger partial charge in [-0.25, -0.2) is 0 Å². The third-order valence-corrected chi connectivity index (χ3v) is 3.03. The molecule has 2 nitrogen and oxygen atoms in total.